The van der Waals surface area contributed by atoms with E-state index >= 15 is 0 Å². The molecule has 0 spiro atoms. The standard InChI is InChI=1S/C10H8N6/c1-6-11-2-7(3-12-6)9-13-4-8-10(16-9)15-5-14-8/h2-5H,1H3,(H,13,14,15,16). The summed E-state index contributed by atoms with van der Waals surface area (Å²) in [5, 5.41) is 0. The molecule has 0 atom stereocenters. The van der Waals surface area contributed by atoms with Crippen molar-refractivity contribution in [3.8, 4) is 11.4 Å². The molecule has 0 aliphatic rings. The zero-order valence-corrected chi connectivity index (χ0v) is 8.55. The van der Waals surface area contributed by atoms with Crippen LogP contribution in [0.25, 0.3) is 22.6 Å². The van der Waals surface area contributed by atoms with Gasteiger partial charge in [-0.05, 0) is 6.92 Å². The number of aromatic amines is 1. The lowest BCUT2D eigenvalue weighted by atomic mass is 10.3. The van der Waals surface area contributed by atoms with Crippen LogP contribution in [-0.4, -0.2) is 29.9 Å². The number of aryl methyl sites for hydroxylation is 1. The van der Waals surface area contributed by atoms with Gasteiger partial charge in [-0.3, -0.25) is 0 Å². The molecule has 6 heteroatoms. The van der Waals surface area contributed by atoms with E-state index in [1.54, 1.807) is 24.9 Å². The van der Waals surface area contributed by atoms with E-state index in [4.69, 9.17) is 0 Å². The molecule has 0 amide bonds. The number of nitrogens with zero attached hydrogens (tertiary/aromatic N) is 5. The summed E-state index contributed by atoms with van der Waals surface area (Å²) in [6.07, 6.45) is 6.70. The SMILES string of the molecule is Cc1ncc(-c2ncc3[nH]cnc3n2)cn1. The second-order valence-corrected chi connectivity index (χ2v) is 3.35. The third kappa shape index (κ3) is 1.40. The van der Waals surface area contributed by atoms with Crippen molar-refractivity contribution in [2.45, 2.75) is 6.92 Å². The Morgan fingerprint density at radius 3 is 2.62 bits per heavy atom. The highest BCUT2D eigenvalue weighted by atomic mass is 15.0. The summed E-state index contributed by atoms with van der Waals surface area (Å²) in [5.41, 5.74) is 2.25. The highest BCUT2D eigenvalue weighted by Crippen LogP contribution is 2.14. The second-order valence-electron chi connectivity index (χ2n) is 3.35. The molecular formula is C10H8N6. The molecule has 78 valence electrons. The van der Waals surface area contributed by atoms with Crippen molar-refractivity contribution in [1.29, 1.82) is 0 Å². The zero-order valence-electron chi connectivity index (χ0n) is 8.55. The van der Waals surface area contributed by atoms with Crippen molar-refractivity contribution in [3.63, 3.8) is 0 Å². The summed E-state index contributed by atoms with van der Waals surface area (Å²) in [6.45, 7) is 1.83. The number of fused-ring (bicyclic) bond motifs is 1. The van der Waals surface area contributed by atoms with Crippen LogP contribution in [0.15, 0.2) is 24.9 Å². The monoisotopic (exact) mass is 212 g/mol. The Bertz CT molecular complexity index is 627. The molecule has 0 radical (unpaired) electrons. The summed E-state index contributed by atoms with van der Waals surface area (Å²) in [6, 6.07) is 0. The molecule has 3 aromatic rings. The first-order valence-electron chi connectivity index (χ1n) is 4.78. The maximum absolute atomic E-state index is 4.30. The molecule has 0 saturated heterocycles. The van der Waals surface area contributed by atoms with E-state index in [1.807, 2.05) is 6.92 Å². The summed E-state index contributed by atoms with van der Waals surface area (Å²) >= 11 is 0. The number of imidazole rings is 1. The quantitative estimate of drug-likeness (QED) is 0.653. The normalized spacial score (nSPS) is 10.8. The van der Waals surface area contributed by atoms with Crippen molar-refractivity contribution >= 4 is 11.2 Å². The fourth-order valence-electron chi connectivity index (χ4n) is 1.38. The number of hydrogen-bond donors (Lipinski definition) is 1. The molecule has 0 aliphatic heterocycles. The smallest absolute Gasteiger partial charge is 0.181 e. The minimum atomic E-state index is 0.583. The second kappa shape index (κ2) is 3.34. The molecule has 0 unspecified atom stereocenters. The van der Waals surface area contributed by atoms with Crippen molar-refractivity contribution in [1.82, 2.24) is 29.9 Å². The van der Waals surface area contributed by atoms with Crippen LogP contribution in [0.5, 0.6) is 0 Å². The number of H-pyrrole nitrogens is 1. The van der Waals surface area contributed by atoms with Gasteiger partial charge in [-0.15, -0.1) is 0 Å². The van der Waals surface area contributed by atoms with E-state index in [1.165, 1.54) is 0 Å². The van der Waals surface area contributed by atoms with Gasteiger partial charge in [-0.2, -0.15) is 0 Å². The molecule has 3 aromatic heterocycles. The molecule has 16 heavy (non-hydrogen) atoms. The Labute approximate surface area is 90.8 Å². The van der Waals surface area contributed by atoms with E-state index in [0.717, 1.165) is 16.9 Å². The fourth-order valence-corrected chi connectivity index (χ4v) is 1.38. The van der Waals surface area contributed by atoms with E-state index in [2.05, 4.69) is 29.9 Å². The maximum Gasteiger partial charge on any atom is 0.181 e. The van der Waals surface area contributed by atoms with E-state index in [0.29, 0.717) is 11.5 Å². The van der Waals surface area contributed by atoms with Crippen LogP contribution >= 0.6 is 0 Å². The van der Waals surface area contributed by atoms with Crippen molar-refractivity contribution in [3.05, 3.63) is 30.7 Å². The third-order valence-corrected chi connectivity index (χ3v) is 2.21. The minimum absolute atomic E-state index is 0.583. The molecule has 3 rings (SSSR count). The van der Waals surface area contributed by atoms with Crippen molar-refractivity contribution < 1.29 is 0 Å². The molecule has 6 nitrogen and oxygen atoms in total. The largest absolute Gasteiger partial charge is 0.342 e. The maximum atomic E-state index is 4.30. The van der Waals surface area contributed by atoms with Crippen LogP contribution in [0.1, 0.15) is 5.82 Å². The third-order valence-electron chi connectivity index (χ3n) is 2.21. The molecule has 3 heterocycles. The summed E-state index contributed by atoms with van der Waals surface area (Å²) in [7, 11) is 0. The topological polar surface area (TPSA) is 80.2 Å². The average Bonchev–Trinajstić information content (AvgIpc) is 2.77. The first kappa shape index (κ1) is 8.90. The van der Waals surface area contributed by atoms with Crippen LogP contribution in [0.4, 0.5) is 0 Å². The van der Waals surface area contributed by atoms with Gasteiger partial charge in [0.1, 0.15) is 11.3 Å². The molecule has 0 aliphatic carbocycles. The van der Waals surface area contributed by atoms with Gasteiger partial charge in [-0.1, -0.05) is 0 Å². The summed E-state index contributed by atoms with van der Waals surface area (Å²) < 4.78 is 0. The number of aromatic nitrogens is 6. The Morgan fingerprint density at radius 1 is 1.00 bits per heavy atom. The van der Waals surface area contributed by atoms with Gasteiger partial charge in [0.15, 0.2) is 11.5 Å². The summed E-state index contributed by atoms with van der Waals surface area (Å²) in [4.78, 5) is 23.7. The van der Waals surface area contributed by atoms with Crippen LogP contribution in [0, 0.1) is 6.92 Å². The number of rotatable bonds is 1. The van der Waals surface area contributed by atoms with Crippen molar-refractivity contribution in [2.75, 3.05) is 0 Å². The van der Waals surface area contributed by atoms with Crippen molar-refractivity contribution in [2.24, 2.45) is 0 Å². The lowest BCUT2D eigenvalue weighted by molar-refractivity contribution is 1.04. The Balaban J connectivity index is 2.14. The highest BCUT2D eigenvalue weighted by molar-refractivity contribution is 5.71. The highest BCUT2D eigenvalue weighted by Gasteiger charge is 2.05. The molecule has 0 fully saturated rings. The van der Waals surface area contributed by atoms with Gasteiger partial charge in [-0.25, -0.2) is 24.9 Å². The van der Waals surface area contributed by atoms with Crippen LogP contribution in [0.3, 0.4) is 0 Å². The van der Waals surface area contributed by atoms with Crippen LogP contribution < -0.4 is 0 Å². The van der Waals surface area contributed by atoms with Gasteiger partial charge in [0.2, 0.25) is 0 Å². The van der Waals surface area contributed by atoms with Gasteiger partial charge >= 0.3 is 0 Å². The van der Waals surface area contributed by atoms with Gasteiger partial charge in [0.25, 0.3) is 0 Å². The Morgan fingerprint density at radius 2 is 1.81 bits per heavy atom. The number of nitrogens with one attached hydrogen (secondary N) is 1. The molecule has 0 saturated carbocycles. The lowest BCUT2D eigenvalue weighted by Crippen LogP contribution is -1.93. The van der Waals surface area contributed by atoms with E-state index in [9.17, 15) is 0 Å². The Kier molecular flexibility index (Phi) is 1.86. The molecule has 1 N–H and O–H groups in total. The Hall–Kier alpha value is -2.37. The predicted octanol–water partition coefficient (Wildman–Crippen LogP) is 1.12. The predicted molar refractivity (Wildman–Crippen MR) is 57.4 cm³/mol. The van der Waals surface area contributed by atoms with E-state index in [-0.39, 0.29) is 0 Å². The number of hydrogen-bond acceptors (Lipinski definition) is 5. The fraction of sp³-hybridized carbons (Fsp3) is 0.100. The van der Waals surface area contributed by atoms with E-state index < -0.39 is 0 Å². The van der Waals surface area contributed by atoms with Crippen LogP contribution in [-0.2, 0) is 0 Å². The molecule has 0 bridgehead atoms. The van der Waals surface area contributed by atoms with Gasteiger partial charge in [0, 0.05) is 12.4 Å². The van der Waals surface area contributed by atoms with Crippen LogP contribution in [0.2, 0.25) is 0 Å². The molecular weight excluding hydrogens is 204 g/mol. The molecule has 0 aromatic carbocycles. The first-order valence-corrected chi connectivity index (χ1v) is 4.78. The van der Waals surface area contributed by atoms with Gasteiger partial charge < -0.3 is 4.98 Å². The minimum Gasteiger partial charge on any atom is -0.342 e. The zero-order chi connectivity index (χ0) is 11.0. The average molecular weight is 212 g/mol. The summed E-state index contributed by atoms with van der Waals surface area (Å²) in [5.74, 6) is 1.31. The first-order chi connectivity index (χ1) is 7.83. The lowest BCUT2D eigenvalue weighted by Gasteiger charge is -1.98. The van der Waals surface area contributed by atoms with Gasteiger partial charge in [0.05, 0.1) is 18.1 Å².